The van der Waals surface area contributed by atoms with Crippen LogP contribution in [0.1, 0.15) is 6.92 Å². The Labute approximate surface area is 93.4 Å². The van der Waals surface area contributed by atoms with Gasteiger partial charge in [0.1, 0.15) is 6.04 Å². The van der Waals surface area contributed by atoms with Crippen LogP contribution in [0, 0.1) is 0 Å². The third-order valence-electron chi connectivity index (χ3n) is 1.94. The first-order chi connectivity index (χ1) is 7.04. The van der Waals surface area contributed by atoms with Gasteiger partial charge >= 0.3 is 5.97 Å². The second kappa shape index (κ2) is 4.89. The van der Waals surface area contributed by atoms with Gasteiger partial charge in [-0.25, -0.2) is 4.79 Å². The number of hydrogen-bond acceptors (Lipinski definition) is 4. The first-order valence-electron chi connectivity index (χ1n) is 4.44. The molecular formula is C10H13ClN2O2. The van der Waals surface area contributed by atoms with E-state index in [2.05, 4.69) is 10.1 Å². The molecule has 1 aromatic rings. The highest BCUT2D eigenvalue weighted by Gasteiger charge is 2.13. The molecule has 5 heteroatoms. The lowest BCUT2D eigenvalue weighted by Gasteiger charge is -2.14. The van der Waals surface area contributed by atoms with Gasteiger partial charge < -0.3 is 15.8 Å². The number of rotatable bonds is 3. The molecule has 0 radical (unpaired) electrons. The molecule has 3 N–H and O–H groups in total. The quantitative estimate of drug-likeness (QED) is 0.613. The van der Waals surface area contributed by atoms with E-state index in [9.17, 15) is 4.79 Å². The van der Waals surface area contributed by atoms with Crippen LogP contribution in [0.2, 0.25) is 5.02 Å². The number of methoxy groups -OCH3 is 1. The van der Waals surface area contributed by atoms with E-state index in [0.29, 0.717) is 16.4 Å². The lowest BCUT2D eigenvalue weighted by Crippen LogP contribution is -2.27. The summed E-state index contributed by atoms with van der Waals surface area (Å²) in [5.74, 6) is -0.352. The molecule has 4 nitrogen and oxygen atoms in total. The van der Waals surface area contributed by atoms with Crippen molar-refractivity contribution in [3.63, 3.8) is 0 Å². The second-order valence-electron chi connectivity index (χ2n) is 3.12. The fraction of sp³-hybridized carbons (Fsp3) is 0.300. The van der Waals surface area contributed by atoms with Gasteiger partial charge in [-0.05, 0) is 25.1 Å². The van der Waals surface area contributed by atoms with Crippen molar-refractivity contribution in [3.05, 3.63) is 23.2 Å². The number of nitrogen functional groups attached to an aromatic ring is 1. The molecule has 1 rings (SSSR count). The maximum absolute atomic E-state index is 11.2. The molecule has 0 fully saturated rings. The second-order valence-corrected chi connectivity index (χ2v) is 3.56. The SMILES string of the molecule is COC(=O)C(C)Nc1cc(Cl)ccc1N. The zero-order chi connectivity index (χ0) is 11.4. The lowest BCUT2D eigenvalue weighted by molar-refractivity contribution is -0.141. The number of carbonyl (C=O) groups excluding carboxylic acids is 1. The van der Waals surface area contributed by atoms with Crippen molar-refractivity contribution in [3.8, 4) is 0 Å². The van der Waals surface area contributed by atoms with E-state index >= 15 is 0 Å². The molecule has 0 saturated carbocycles. The van der Waals surface area contributed by atoms with Crippen molar-refractivity contribution in [1.29, 1.82) is 0 Å². The Bertz CT molecular complexity index is 368. The van der Waals surface area contributed by atoms with Crippen LogP contribution < -0.4 is 11.1 Å². The summed E-state index contributed by atoms with van der Waals surface area (Å²) in [6.07, 6.45) is 0. The van der Waals surface area contributed by atoms with E-state index in [1.54, 1.807) is 25.1 Å². The molecule has 0 aromatic heterocycles. The maximum Gasteiger partial charge on any atom is 0.327 e. The summed E-state index contributed by atoms with van der Waals surface area (Å²) in [6.45, 7) is 1.69. The molecule has 82 valence electrons. The number of nitrogens with two attached hydrogens (primary N) is 1. The fourth-order valence-corrected chi connectivity index (χ4v) is 1.29. The Kier molecular flexibility index (Phi) is 3.80. The van der Waals surface area contributed by atoms with Gasteiger partial charge in [0.2, 0.25) is 0 Å². The number of esters is 1. The predicted octanol–water partition coefficient (Wildman–Crippen LogP) is 1.90. The van der Waals surface area contributed by atoms with Crippen LogP contribution in [0.5, 0.6) is 0 Å². The Hall–Kier alpha value is -1.42. The minimum atomic E-state index is -0.462. The molecule has 0 aliphatic rings. The summed E-state index contributed by atoms with van der Waals surface area (Å²) >= 11 is 5.80. The van der Waals surface area contributed by atoms with Gasteiger partial charge in [0.25, 0.3) is 0 Å². The average molecular weight is 229 g/mol. The summed E-state index contributed by atoms with van der Waals surface area (Å²) in [6, 6.07) is 4.56. The largest absolute Gasteiger partial charge is 0.467 e. The summed E-state index contributed by atoms with van der Waals surface area (Å²) in [5, 5.41) is 3.48. The smallest absolute Gasteiger partial charge is 0.327 e. The monoisotopic (exact) mass is 228 g/mol. The van der Waals surface area contributed by atoms with Gasteiger partial charge in [-0.3, -0.25) is 0 Å². The van der Waals surface area contributed by atoms with E-state index in [-0.39, 0.29) is 5.97 Å². The van der Waals surface area contributed by atoms with Crippen molar-refractivity contribution < 1.29 is 9.53 Å². The first-order valence-corrected chi connectivity index (χ1v) is 4.81. The van der Waals surface area contributed by atoms with Crippen LogP contribution in [0.15, 0.2) is 18.2 Å². The number of nitrogens with one attached hydrogen (secondary N) is 1. The zero-order valence-corrected chi connectivity index (χ0v) is 9.34. The molecule has 0 bridgehead atoms. The van der Waals surface area contributed by atoms with Crippen LogP contribution in [0.4, 0.5) is 11.4 Å². The number of hydrogen-bond donors (Lipinski definition) is 2. The Morgan fingerprint density at radius 1 is 1.60 bits per heavy atom. The average Bonchev–Trinajstić information content (AvgIpc) is 2.22. The predicted molar refractivity (Wildman–Crippen MR) is 61.0 cm³/mol. The van der Waals surface area contributed by atoms with Gasteiger partial charge in [-0.2, -0.15) is 0 Å². The van der Waals surface area contributed by atoms with Gasteiger partial charge in [0, 0.05) is 5.02 Å². The molecular weight excluding hydrogens is 216 g/mol. The Balaban J connectivity index is 2.80. The van der Waals surface area contributed by atoms with Crippen molar-refractivity contribution in [2.75, 3.05) is 18.2 Å². The molecule has 1 unspecified atom stereocenters. The van der Waals surface area contributed by atoms with Gasteiger partial charge in [0.15, 0.2) is 0 Å². The molecule has 0 spiro atoms. The highest BCUT2D eigenvalue weighted by Crippen LogP contribution is 2.23. The number of ether oxygens (including phenoxy) is 1. The molecule has 0 heterocycles. The summed E-state index contributed by atoms with van der Waals surface area (Å²) in [5.41, 5.74) is 6.87. The molecule has 0 aliphatic carbocycles. The Morgan fingerprint density at radius 2 is 2.27 bits per heavy atom. The van der Waals surface area contributed by atoms with Gasteiger partial charge in [-0.15, -0.1) is 0 Å². The number of benzene rings is 1. The number of anilines is 2. The molecule has 15 heavy (non-hydrogen) atoms. The summed E-state index contributed by atoms with van der Waals surface area (Å²) in [4.78, 5) is 11.2. The fourth-order valence-electron chi connectivity index (χ4n) is 1.12. The van der Waals surface area contributed by atoms with Crippen molar-refractivity contribution in [1.82, 2.24) is 0 Å². The first kappa shape index (κ1) is 11.7. The third kappa shape index (κ3) is 3.02. The van der Waals surface area contributed by atoms with Crippen LogP contribution in [-0.4, -0.2) is 19.1 Å². The third-order valence-corrected chi connectivity index (χ3v) is 2.18. The maximum atomic E-state index is 11.2. The summed E-state index contributed by atoms with van der Waals surface area (Å²) < 4.78 is 4.58. The standard InChI is InChI=1S/C10H13ClN2O2/c1-6(10(14)15-2)13-9-5-7(11)3-4-8(9)12/h3-6,13H,12H2,1-2H3. The minimum absolute atomic E-state index is 0.352. The van der Waals surface area contributed by atoms with Crippen LogP contribution in [0.3, 0.4) is 0 Å². The van der Waals surface area contributed by atoms with Gasteiger partial charge in [-0.1, -0.05) is 11.6 Å². The summed E-state index contributed by atoms with van der Waals surface area (Å²) in [7, 11) is 1.34. The molecule has 1 atom stereocenters. The van der Waals surface area contributed by atoms with Crippen molar-refractivity contribution in [2.45, 2.75) is 13.0 Å². The van der Waals surface area contributed by atoms with Crippen LogP contribution >= 0.6 is 11.6 Å². The zero-order valence-electron chi connectivity index (χ0n) is 8.58. The Morgan fingerprint density at radius 3 is 2.87 bits per heavy atom. The normalized spacial score (nSPS) is 11.9. The minimum Gasteiger partial charge on any atom is -0.467 e. The highest BCUT2D eigenvalue weighted by molar-refractivity contribution is 6.31. The van der Waals surface area contributed by atoms with Crippen molar-refractivity contribution in [2.24, 2.45) is 0 Å². The lowest BCUT2D eigenvalue weighted by atomic mass is 10.2. The molecule has 0 aliphatic heterocycles. The van der Waals surface area contributed by atoms with E-state index in [1.807, 2.05) is 0 Å². The van der Waals surface area contributed by atoms with Crippen LogP contribution in [-0.2, 0) is 9.53 Å². The molecule has 0 amide bonds. The van der Waals surface area contributed by atoms with Crippen LogP contribution in [0.25, 0.3) is 0 Å². The van der Waals surface area contributed by atoms with E-state index in [4.69, 9.17) is 17.3 Å². The van der Waals surface area contributed by atoms with E-state index in [0.717, 1.165) is 0 Å². The molecule has 1 aromatic carbocycles. The van der Waals surface area contributed by atoms with E-state index in [1.165, 1.54) is 7.11 Å². The number of halogens is 1. The topological polar surface area (TPSA) is 64.3 Å². The van der Waals surface area contributed by atoms with E-state index < -0.39 is 6.04 Å². The van der Waals surface area contributed by atoms with Crippen molar-refractivity contribution >= 4 is 28.9 Å². The van der Waals surface area contributed by atoms with Gasteiger partial charge in [0.05, 0.1) is 18.5 Å². The number of carbonyl (C=O) groups is 1. The highest BCUT2D eigenvalue weighted by atomic mass is 35.5. The molecule has 0 saturated heterocycles.